The number of nitrogens with one attached hydrogen (secondary N) is 1. The highest BCUT2D eigenvalue weighted by Gasteiger charge is 2.23. The molecule has 0 saturated carbocycles. The first-order chi connectivity index (χ1) is 12.1. The normalized spacial score (nSPS) is 11.6. The second-order valence-electron chi connectivity index (χ2n) is 6.30. The van der Waals surface area contributed by atoms with Crippen molar-refractivity contribution in [1.29, 1.82) is 5.26 Å². The third-order valence-electron chi connectivity index (χ3n) is 4.19. The minimum absolute atomic E-state index is 0.421. The Morgan fingerprint density at radius 2 is 1.84 bits per heavy atom. The van der Waals surface area contributed by atoms with Gasteiger partial charge in [-0.1, -0.05) is 24.3 Å². The molecule has 7 heteroatoms. The lowest BCUT2D eigenvalue weighted by molar-refractivity contribution is 0.606. The predicted molar refractivity (Wildman–Crippen MR) is 93.9 cm³/mol. The summed E-state index contributed by atoms with van der Waals surface area (Å²) in [7, 11) is 0. The molecule has 25 heavy (non-hydrogen) atoms. The maximum Gasteiger partial charge on any atom is 0.222 e. The molecule has 0 radical (unpaired) electrons. The molecule has 0 aliphatic heterocycles. The molecule has 0 atom stereocenters. The minimum atomic E-state index is -0.421. The fourth-order valence-electron chi connectivity index (χ4n) is 2.82. The lowest BCUT2D eigenvalue weighted by atomic mass is 9.93. The van der Waals surface area contributed by atoms with Crippen LogP contribution in [0.3, 0.4) is 0 Å². The number of fused-ring (bicyclic) bond motifs is 3. The first-order valence-electron chi connectivity index (χ1n) is 7.84. The minimum Gasteiger partial charge on any atom is -0.358 e. The van der Waals surface area contributed by atoms with Crippen LogP contribution in [0.2, 0.25) is 0 Å². The third kappa shape index (κ3) is 2.54. The van der Waals surface area contributed by atoms with Crippen molar-refractivity contribution < 1.29 is 0 Å². The van der Waals surface area contributed by atoms with Crippen LogP contribution in [-0.2, 0) is 5.54 Å². The number of hydrogen-bond donors (Lipinski definition) is 1. The fraction of sp³-hybridized carbons (Fsp3) is 0.167. The Labute approximate surface area is 143 Å². The summed E-state index contributed by atoms with van der Waals surface area (Å²) in [5, 5.41) is 24.4. The molecule has 0 aliphatic carbocycles. The molecule has 2 aromatic heterocycles. The van der Waals surface area contributed by atoms with E-state index in [1.165, 1.54) is 0 Å². The van der Waals surface area contributed by atoms with Crippen LogP contribution >= 0.6 is 0 Å². The van der Waals surface area contributed by atoms with Gasteiger partial charge in [0.2, 0.25) is 5.65 Å². The molecule has 0 aliphatic rings. The molecule has 0 saturated heterocycles. The second-order valence-corrected chi connectivity index (χ2v) is 6.30. The van der Waals surface area contributed by atoms with Gasteiger partial charge < -0.3 is 5.32 Å². The SMILES string of the molecule is CC(C)(Nc1nc2ccccc2n2nnnc12)c1ccc(C#N)cc1. The lowest BCUT2D eigenvalue weighted by Crippen LogP contribution is -2.29. The maximum atomic E-state index is 8.96. The van der Waals surface area contributed by atoms with Crippen LogP contribution in [-0.4, -0.2) is 25.0 Å². The first-order valence-corrected chi connectivity index (χ1v) is 7.84. The number of benzene rings is 2. The molecule has 1 N–H and O–H groups in total. The molecule has 4 rings (SSSR count). The van der Waals surface area contributed by atoms with Gasteiger partial charge in [-0.25, -0.2) is 4.98 Å². The zero-order chi connectivity index (χ0) is 17.4. The molecule has 0 amide bonds. The number of tetrazole rings is 1. The Morgan fingerprint density at radius 1 is 1.08 bits per heavy atom. The van der Waals surface area contributed by atoms with Crippen molar-refractivity contribution >= 4 is 22.5 Å². The summed E-state index contributed by atoms with van der Waals surface area (Å²) < 4.78 is 1.68. The number of aromatic nitrogens is 5. The Hall–Kier alpha value is -3.53. The van der Waals surface area contributed by atoms with Crippen LogP contribution in [0, 0.1) is 11.3 Å². The van der Waals surface area contributed by atoms with Gasteiger partial charge in [-0.2, -0.15) is 9.78 Å². The number of nitrogens with zero attached hydrogens (tertiary/aromatic N) is 6. The Morgan fingerprint density at radius 3 is 2.60 bits per heavy atom. The average Bonchev–Trinajstić information content (AvgIpc) is 3.12. The number of rotatable bonds is 3. The maximum absolute atomic E-state index is 8.96. The summed E-state index contributed by atoms with van der Waals surface area (Å²) >= 11 is 0. The largest absolute Gasteiger partial charge is 0.358 e. The van der Waals surface area contributed by atoms with E-state index in [0.717, 1.165) is 16.6 Å². The molecule has 7 nitrogen and oxygen atoms in total. The smallest absolute Gasteiger partial charge is 0.222 e. The molecular weight excluding hydrogens is 314 g/mol. The van der Waals surface area contributed by atoms with E-state index in [2.05, 4.69) is 26.9 Å². The summed E-state index contributed by atoms with van der Waals surface area (Å²) in [5.74, 6) is 0.609. The first kappa shape index (κ1) is 15.0. The van der Waals surface area contributed by atoms with E-state index in [9.17, 15) is 0 Å². The van der Waals surface area contributed by atoms with Gasteiger partial charge in [0.25, 0.3) is 0 Å². The van der Waals surface area contributed by atoms with Crippen molar-refractivity contribution in [2.24, 2.45) is 0 Å². The van der Waals surface area contributed by atoms with E-state index in [1.807, 2.05) is 50.2 Å². The molecule has 4 aromatic rings. The number of nitriles is 1. The average molecular weight is 329 g/mol. The van der Waals surface area contributed by atoms with Crippen molar-refractivity contribution in [3.63, 3.8) is 0 Å². The van der Waals surface area contributed by atoms with Crippen LogP contribution in [0.15, 0.2) is 48.5 Å². The van der Waals surface area contributed by atoms with E-state index >= 15 is 0 Å². The standard InChI is InChI=1S/C18H15N7/c1-18(2,13-9-7-12(11-19)8-10-13)21-16-17-22-23-24-25(17)15-6-4-3-5-14(15)20-16/h3-10H,1-2H3,(H,20,21). The highest BCUT2D eigenvalue weighted by atomic mass is 15.5. The molecule has 122 valence electrons. The quantitative estimate of drug-likeness (QED) is 0.621. The van der Waals surface area contributed by atoms with Gasteiger partial charge in [0, 0.05) is 0 Å². The van der Waals surface area contributed by atoms with Crippen LogP contribution < -0.4 is 5.32 Å². The molecule has 0 fully saturated rings. The molecule has 0 bridgehead atoms. The lowest BCUT2D eigenvalue weighted by Gasteiger charge is -2.27. The number of hydrogen-bond acceptors (Lipinski definition) is 6. The molecule has 0 spiro atoms. The van der Waals surface area contributed by atoms with Crippen LogP contribution in [0.25, 0.3) is 16.7 Å². The number of para-hydroxylation sites is 2. The van der Waals surface area contributed by atoms with Gasteiger partial charge in [0.05, 0.1) is 28.2 Å². The van der Waals surface area contributed by atoms with Gasteiger partial charge in [-0.15, -0.1) is 5.10 Å². The van der Waals surface area contributed by atoms with E-state index < -0.39 is 5.54 Å². The van der Waals surface area contributed by atoms with E-state index in [-0.39, 0.29) is 0 Å². The molecule has 0 unspecified atom stereocenters. The predicted octanol–water partition coefficient (Wildman–Crippen LogP) is 2.89. The molecular formula is C18H15N7. The van der Waals surface area contributed by atoms with Gasteiger partial charge >= 0.3 is 0 Å². The second kappa shape index (κ2) is 5.53. The van der Waals surface area contributed by atoms with Crippen molar-refractivity contribution in [1.82, 2.24) is 25.0 Å². The summed E-state index contributed by atoms with van der Waals surface area (Å²) in [6.45, 7) is 4.09. The monoisotopic (exact) mass is 329 g/mol. The Bertz CT molecular complexity index is 1100. The van der Waals surface area contributed by atoms with Crippen molar-refractivity contribution in [3.05, 3.63) is 59.7 Å². The summed E-state index contributed by atoms with van der Waals surface area (Å²) in [6, 6.07) is 17.3. The van der Waals surface area contributed by atoms with Crippen LogP contribution in [0.5, 0.6) is 0 Å². The molecule has 2 aromatic carbocycles. The highest BCUT2D eigenvalue weighted by molar-refractivity contribution is 5.82. The van der Waals surface area contributed by atoms with Gasteiger partial charge in [-0.05, 0) is 54.1 Å². The zero-order valence-electron chi connectivity index (χ0n) is 13.8. The van der Waals surface area contributed by atoms with Gasteiger partial charge in [-0.3, -0.25) is 0 Å². The van der Waals surface area contributed by atoms with E-state index in [0.29, 0.717) is 17.0 Å². The fourth-order valence-corrected chi connectivity index (χ4v) is 2.82. The topological polar surface area (TPSA) is 91.8 Å². The summed E-state index contributed by atoms with van der Waals surface area (Å²) in [6.07, 6.45) is 0. The summed E-state index contributed by atoms with van der Waals surface area (Å²) in [5.41, 5.74) is 3.47. The van der Waals surface area contributed by atoms with E-state index in [4.69, 9.17) is 10.2 Å². The van der Waals surface area contributed by atoms with Gasteiger partial charge in [0.1, 0.15) is 0 Å². The highest BCUT2D eigenvalue weighted by Crippen LogP contribution is 2.28. The van der Waals surface area contributed by atoms with Crippen LogP contribution in [0.4, 0.5) is 5.82 Å². The van der Waals surface area contributed by atoms with Crippen molar-refractivity contribution in [2.45, 2.75) is 19.4 Å². The third-order valence-corrected chi connectivity index (χ3v) is 4.19. The van der Waals surface area contributed by atoms with Crippen molar-refractivity contribution in [2.75, 3.05) is 5.32 Å². The van der Waals surface area contributed by atoms with Crippen molar-refractivity contribution in [3.8, 4) is 6.07 Å². The molecule has 2 heterocycles. The van der Waals surface area contributed by atoms with E-state index in [1.54, 1.807) is 16.6 Å². The zero-order valence-corrected chi connectivity index (χ0v) is 13.8. The summed E-state index contributed by atoms with van der Waals surface area (Å²) in [4.78, 5) is 4.69. The Kier molecular flexibility index (Phi) is 3.32. The Balaban J connectivity index is 1.80. The van der Waals surface area contributed by atoms with Gasteiger partial charge in [0.15, 0.2) is 5.82 Å². The van der Waals surface area contributed by atoms with Crippen LogP contribution in [0.1, 0.15) is 25.0 Å². The number of anilines is 1.